The van der Waals surface area contributed by atoms with Gasteiger partial charge in [0.2, 0.25) is 0 Å². The number of carboxylic acid groups (broad SMARTS) is 1. The molecule has 0 aromatic carbocycles. The van der Waals surface area contributed by atoms with Crippen LogP contribution in [0, 0.1) is 5.92 Å². The van der Waals surface area contributed by atoms with Crippen molar-refractivity contribution in [1.82, 2.24) is 0 Å². The minimum absolute atomic E-state index is 0.241. The van der Waals surface area contributed by atoms with Crippen LogP contribution in [0.2, 0.25) is 0 Å². The van der Waals surface area contributed by atoms with Gasteiger partial charge < -0.3 is 9.90 Å². The van der Waals surface area contributed by atoms with Crippen LogP contribution in [0.4, 0.5) is 0 Å². The van der Waals surface area contributed by atoms with Crippen molar-refractivity contribution in [3.8, 4) is 0 Å². The molecule has 1 unspecified atom stereocenters. The van der Waals surface area contributed by atoms with Gasteiger partial charge in [0.25, 0.3) is 0 Å². The largest absolute Gasteiger partial charge is 0.549 e. The van der Waals surface area contributed by atoms with Crippen LogP contribution in [-0.4, -0.2) is 11.8 Å². The van der Waals surface area contributed by atoms with E-state index in [0.29, 0.717) is 6.42 Å². The number of rotatable bonds is 5. The van der Waals surface area contributed by atoms with E-state index in [0.717, 1.165) is 5.57 Å². The molecule has 0 aliphatic rings. The van der Waals surface area contributed by atoms with E-state index in [1.165, 1.54) is 6.92 Å². The molecular formula is C9H13O3-. The van der Waals surface area contributed by atoms with Gasteiger partial charge in [-0.3, -0.25) is 4.79 Å². The summed E-state index contributed by atoms with van der Waals surface area (Å²) >= 11 is 0. The highest BCUT2D eigenvalue weighted by atomic mass is 16.4. The number of allylic oxidation sites excluding steroid dienone is 1. The van der Waals surface area contributed by atoms with Crippen LogP contribution < -0.4 is 5.11 Å². The zero-order chi connectivity index (χ0) is 9.72. The van der Waals surface area contributed by atoms with E-state index in [-0.39, 0.29) is 12.2 Å². The Morgan fingerprint density at radius 3 is 2.25 bits per heavy atom. The van der Waals surface area contributed by atoms with Gasteiger partial charge in [-0.25, -0.2) is 0 Å². The number of aliphatic carboxylic acids is 1. The topological polar surface area (TPSA) is 57.2 Å². The Balaban J connectivity index is 3.88. The average molecular weight is 169 g/mol. The van der Waals surface area contributed by atoms with Crippen molar-refractivity contribution >= 4 is 11.8 Å². The lowest BCUT2D eigenvalue weighted by atomic mass is 10.0. The molecule has 12 heavy (non-hydrogen) atoms. The summed E-state index contributed by atoms with van der Waals surface area (Å²) in [4.78, 5) is 21.3. The SMILES string of the molecule is C=C(C)CCC(=O)C(C)C(=O)[O-]. The lowest BCUT2D eigenvalue weighted by Crippen LogP contribution is -2.34. The second-order valence-electron chi connectivity index (χ2n) is 2.96. The number of hydrogen-bond donors (Lipinski definition) is 0. The average Bonchev–Trinajstić information content (AvgIpc) is 1.98. The van der Waals surface area contributed by atoms with E-state index < -0.39 is 11.9 Å². The van der Waals surface area contributed by atoms with Crippen LogP contribution in [0.1, 0.15) is 26.7 Å². The third-order valence-electron chi connectivity index (χ3n) is 1.63. The molecule has 3 heteroatoms. The van der Waals surface area contributed by atoms with Crippen molar-refractivity contribution in [2.75, 3.05) is 0 Å². The Labute approximate surface area is 72.1 Å². The molecule has 0 spiro atoms. The summed E-state index contributed by atoms with van der Waals surface area (Å²) in [5.74, 6) is -2.59. The summed E-state index contributed by atoms with van der Waals surface area (Å²) < 4.78 is 0. The number of Topliss-reactive ketones (excluding diaryl/α,β-unsaturated/α-hetero) is 1. The third-order valence-corrected chi connectivity index (χ3v) is 1.63. The molecule has 0 aromatic rings. The zero-order valence-electron chi connectivity index (χ0n) is 7.42. The minimum atomic E-state index is -1.30. The first-order valence-corrected chi connectivity index (χ1v) is 3.83. The third kappa shape index (κ3) is 3.91. The van der Waals surface area contributed by atoms with E-state index >= 15 is 0 Å². The maximum atomic E-state index is 11.0. The molecule has 3 nitrogen and oxygen atoms in total. The fourth-order valence-corrected chi connectivity index (χ4v) is 0.685. The molecule has 0 rings (SSSR count). The van der Waals surface area contributed by atoms with Gasteiger partial charge in [-0.1, -0.05) is 12.5 Å². The van der Waals surface area contributed by atoms with Crippen LogP contribution in [0.5, 0.6) is 0 Å². The van der Waals surface area contributed by atoms with E-state index in [2.05, 4.69) is 6.58 Å². The van der Waals surface area contributed by atoms with Crippen LogP contribution >= 0.6 is 0 Å². The molecule has 0 saturated heterocycles. The second-order valence-corrected chi connectivity index (χ2v) is 2.96. The maximum absolute atomic E-state index is 11.0. The quantitative estimate of drug-likeness (QED) is 0.439. The van der Waals surface area contributed by atoms with Gasteiger partial charge in [-0.15, -0.1) is 6.58 Å². The van der Waals surface area contributed by atoms with Gasteiger partial charge >= 0.3 is 0 Å². The molecular weight excluding hydrogens is 156 g/mol. The summed E-state index contributed by atoms with van der Waals surface area (Å²) in [5, 5.41) is 10.2. The van der Waals surface area contributed by atoms with Gasteiger partial charge in [0.15, 0.2) is 0 Å². The number of hydrogen-bond acceptors (Lipinski definition) is 3. The molecule has 0 aromatic heterocycles. The van der Waals surface area contributed by atoms with Crippen molar-refractivity contribution in [3.05, 3.63) is 12.2 Å². The smallest absolute Gasteiger partial charge is 0.141 e. The predicted molar refractivity (Wildman–Crippen MR) is 43.2 cm³/mol. The summed E-state index contributed by atoms with van der Waals surface area (Å²) in [5.41, 5.74) is 0.883. The van der Waals surface area contributed by atoms with Crippen molar-refractivity contribution < 1.29 is 14.7 Å². The first-order chi connectivity index (χ1) is 5.45. The highest BCUT2D eigenvalue weighted by molar-refractivity contribution is 5.96. The maximum Gasteiger partial charge on any atom is 0.141 e. The lowest BCUT2D eigenvalue weighted by Gasteiger charge is -2.10. The van der Waals surface area contributed by atoms with Gasteiger partial charge in [-0.05, 0) is 13.3 Å². The lowest BCUT2D eigenvalue weighted by molar-refractivity contribution is -0.309. The number of carboxylic acids is 1. The normalized spacial score (nSPS) is 12.2. The van der Waals surface area contributed by atoms with Crippen LogP contribution in [0.3, 0.4) is 0 Å². The molecule has 0 saturated carbocycles. The molecule has 0 aliphatic heterocycles. The molecule has 0 heterocycles. The van der Waals surface area contributed by atoms with Crippen molar-refractivity contribution in [2.24, 2.45) is 5.92 Å². The monoisotopic (exact) mass is 169 g/mol. The Hall–Kier alpha value is -1.12. The Kier molecular flexibility index (Phi) is 4.26. The molecule has 0 aliphatic carbocycles. The Morgan fingerprint density at radius 1 is 1.42 bits per heavy atom. The van der Waals surface area contributed by atoms with Gasteiger partial charge in [-0.2, -0.15) is 0 Å². The number of carbonyl (C=O) groups is 2. The summed E-state index contributed by atoms with van der Waals surface area (Å²) in [6.07, 6.45) is 0.793. The first kappa shape index (κ1) is 10.9. The summed E-state index contributed by atoms with van der Waals surface area (Å²) in [7, 11) is 0. The van der Waals surface area contributed by atoms with Gasteiger partial charge in [0, 0.05) is 6.42 Å². The highest BCUT2D eigenvalue weighted by Gasteiger charge is 2.12. The number of carbonyl (C=O) groups excluding carboxylic acids is 2. The fourth-order valence-electron chi connectivity index (χ4n) is 0.685. The predicted octanol–water partition coefficient (Wildman–Crippen LogP) is 0.298. The zero-order valence-corrected chi connectivity index (χ0v) is 7.42. The van der Waals surface area contributed by atoms with Crippen LogP contribution in [-0.2, 0) is 9.59 Å². The molecule has 68 valence electrons. The Morgan fingerprint density at radius 2 is 1.92 bits per heavy atom. The van der Waals surface area contributed by atoms with Crippen molar-refractivity contribution in [1.29, 1.82) is 0 Å². The fraction of sp³-hybridized carbons (Fsp3) is 0.556. The van der Waals surface area contributed by atoms with E-state index in [9.17, 15) is 14.7 Å². The molecule has 0 radical (unpaired) electrons. The van der Waals surface area contributed by atoms with Crippen LogP contribution in [0.25, 0.3) is 0 Å². The highest BCUT2D eigenvalue weighted by Crippen LogP contribution is 2.06. The molecule has 0 N–H and O–H groups in total. The summed E-state index contributed by atoms with van der Waals surface area (Å²) in [6.45, 7) is 6.76. The second kappa shape index (κ2) is 4.70. The van der Waals surface area contributed by atoms with Crippen molar-refractivity contribution in [2.45, 2.75) is 26.7 Å². The summed E-state index contributed by atoms with van der Waals surface area (Å²) in [6, 6.07) is 0. The van der Waals surface area contributed by atoms with Crippen molar-refractivity contribution in [3.63, 3.8) is 0 Å². The van der Waals surface area contributed by atoms with E-state index in [1.54, 1.807) is 6.92 Å². The van der Waals surface area contributed by atoms with Gasteiger partial charge in [0.05, 0.1) is 11.9 Å². The standard InChI is InChI=1S/C9H14O3/c1-6(2)4-5-8(10)7(3)9(11)12/h7H,1,4-5H2,2-3H3,(H,11,12)/p-1. The Bertz CT molecular complexity index is 206. The van der Waals surface area contributed by atoms with Crippen LogP contribution in [0.15, 0.2) is 12.2 Å². The van der Waals surface area contributed by atoms with E-state index in [1.807, 2.05) is 0 Å². The molecule has 1 atom stereocenters. The van der Waals surface area contributed by atoms with Gasteiger partial charge in [0.1, 0.15) is 5.78 Å². The molecule has 0 bridgehead atoms. The first-order valence-electron chi connectivity index (χ1n) is 3.83. The molecule has 0 amide bonds. The molecule has 0 fully saturated rings. The van der Waals surface area contributed by atoms with E-state index in [4.69, 9.17) is 0 Å². The minimum Gasteiger partial charge on any atom is -0.549 e. The number of ketones is 1.